The molecule has 0 radical (unpaired) electrons. The lowest BCUT2D eigenvalue weighted by Gasteiger charge is -2.15. The molecule has 0 aliphatic carbocycles. The number of fused-ring (bicyclic) bond motifs is 1. The quantitative estimate of drug-likeness (QED) is 0.563. The molecule has 3 aromatic rings. The molecule has 1 unspecified atom stereocenters. The normalized spacial score (nSPS) is 12.4. The Balaban J connectivity index is 1.84. The third kappa shape index (κ3) is 4.13. The Morgan fingerprint density at radius 1 is 1.24 bits per heavy atom. The number of hydrogen-bond acceptors (Lipinski definition) is 2. The van der Waals surface area contributed by atoms with Gasteiger partial charge in [0.15, 0.2) is 0 Å². The van der Waals surface area contributed by atoms with Gasteiger partial charge in [-0.3, -0.25) is 4.79 Å². The fraction of sp³-hybridized carbons (Fsp3) is 0.381. The van der Waals surface area contributed by atoms with Gasteiger partial charge in [-0.05, 0) is 40.4 Å². The Hall–Kier alpha value is -2.07. The average Bonchev–Trinajstić information content (AvgIpc) is 3.26. The molecule has 0 saturated heterocycles. The van der Waals surface area contributed by atoms with Crippen LogP contribution in [-0.4, -0.2) is 17.0 Å². The van der Waals surface area contributed by atoms with Crippen molar-refractivity contribution in [2.24, 2.45) is 7.05 Å². The van der Waals surface area contributed by atoms with Gasteiger partial charge in [-0.15, -0.1) is 0 Å². The molecule has 3 rings (SSSR count). The van der Waals surface area contributed by atoms with E-state index < -0.39 is 0 Å². The van der Waals surface area contributed by atoms with Crippen LogP contribution < -0.4 is 5.32 Å². The van der Waals surface area contributed by atoms with E-state index in [1.807, 2.05) is 0 Å². The van der Waals surface area contributed by atoms with Crippen molar-refractivity contribution in [3.63, 3.8) is 0 Å². The zero-order valence-corrected chi connectivity index (χ0v) is 15.8. The van der Waals surface area contributed by atoms with E-state index in [4.69, 9.17) is 0 Å². The van der Waals surface area contributed by atoms with E-state index in [0.717, 1.165) is 19.4 Å². The average molecular weight is 355 g/mol. The molecule has 25 heavy (non-hydrogen) atoms. The summed E-state index contributed by atoms with van der Waals surface area (Å²) < 4.78 is 2.16. The van der Waals surface area contributed by atoms with Gasteiger partial charge in [0.1, 0.15) is 0 Å². The predicted octanol–water partition coefficient (Wildman–Crippen LogP) is 5.07. The summed E-state index contributed by atoms with van der Waals surface area (Å²) in [4.78, 5) is 12.5. The third-order valence-corrected chi connectivity index (χ3v) is 5.44. The number of carbonyl (C=O) groups excluding carboxylic acids is 1. The van der Waals surface area contributed by atoms with Crippen LogP contribution in [0.1, 0.15) is 49.7 Å². The van der Waals surface area contributed by atoms with E-state index in [1.165, 1.54) is 28.5 Å². The first-order valence-corrected chi connectivity index (χ1v) is 9.97. The van der Waals surface area contributed by atoms with Gasteiger partial charge < -0.3 is 9.88 Å². The first-order chi connectivity index (χ1) is 12.2. The minimum absolute atomic E-state index is 0.100. The van der Waals surface area contributed by atoms with Gasteiger partial charge in [0.05, 0.1) is 0 Å². The second-order valence-electron chi connectivity index (χ2n) is 6.58. The van der Waals surface area contributed by atoms with Crippen LogP contribution in [0.3, 0.4) is 0 Å². The minimum atomic E-state index is 0.100. The lowest BCUT2D eigenvalue weighted by atomic mass is 9.89. The van der Waals surface area contributed by atoms with Gasteiger partial charge in [-0.25, -0.2) is 0 Å². The fourth-order valence-corrected chi connectivity index (χ4v) is 4.11. The van der Waals surface area contributed by atoms with E-state index >= 15 is 0 Å². The van der Waals surface area contributed by atoms with E-state index in [2.05, 4.69) is 71.1 Å². The number of unbranched alkanes of at least 4 members (excludes halogenated alkanes) is 2. The van der Waals surface area contributed by atoms with E-state index in [0.29, 0.717) is 6.42 Å². The Morgan fingerprint density at radius 2 is 2.08 bits per heavy atom. The van der Waals surface area contributed by atoms with Gasteiger partial charge >= 0.3 is 0 Å². The molecule has 1 N–H and O–H groups in total. The van der Waals surface area contributed by atoms with Crippen molar-refractivity contribution in [2.75, 3.05) is 6.54 Å². The standard InChI is InChI=1S/C21H26N2OS/c1-3-4-7-11-22-21(24)13-18(16-10-12-25-15-16)19-14-23(2)20-9-6-5-8-17(19)20/h5-6,8-10,12,14-15,18H,3-4,7,11,13H2,1-2H3,(H,22,24). The maximum atomic E-state index is 12.5. The summed E-state index contributed by atoms with van der Waals surface area (Å²) in [6, 6.07) is 10.6. The van der Waals surface area contributed by atoms with Gasteiger partial charge in [0, 0.05) is 43.0 Å². The van der Waals surface area contributed by atoms with Gasteiger partial charge in [0.25, 0.3) is 0 Å². The molecule has 2 aromatic heterocycles. The smallest absolute Gasteiger partial charge is 0.220 e. The monoisotopic (exact) mass is 354 g/mol. The summed E-state index contributed by atoms with van der Waals surface area (Å²) in [6.07, 6.45) is 6.06. The maximum Gasteiger partial charge on any atom is 0.220 e. The Bertz CT molecular complexity index is 820. The first-order valence-electron chi connectivity index (χ1n) is 9.03. The lowest BCUT2D eigenvalue weighted by Crippen LogP contribution is -2.26. The van der Waals surface area contributed by atoms with Crippen molar-refractivity contribution in [3.8, 4) is 0 Å². The number of benzene rings is 1. The number of aryl methyl sites for hydroxylation is 1. The van der Waals surface area contributed by atoms with Crippen LogP contribution >= 0.6 is 11.3 Å². The number of aromatic nitrogens is 1. The van der Waals surface area contributed by atoms with Crippen LogP contribution in [0.25, 0.3) is 10.9 Å². The van der Waals surface area contributed by atoms with E-state index in [1.54, 1.807) is 11.3 Å². The van der Waals surface area contributed by atoms with Crippen molar-refractivity contribution >= 4 is 28.1 Å². The van der Waals surface area contributed by atoms with Crippen molar-refractivity contribution < 1.29 is 4.79 Å². The third-order valence-electron chi connectivity index (χ3n) is 4.74. The molecule has 132 valence electrons. The lowest BCUT2D eigenvalue weighted by molar-refractivity contribution is -0.121. The zero-order chi connectivity index (χ0) is 17.6. The maximum absolute atomic E-state index is 12.5. The largest absolute Gasteiger partial charge is 0.356 e. The van der Waals surface area contributed by atoms with Crippen molar-refractivity contribution in [3.05, 3.63) is 58.4 Å². The molecule has 1 aromatic carbocycles. The summed E-state index contributed by atoms with van der Waals surface area (Å²) in [5.41, 5.74) is 3.67. The highest BCUT2D eigenvalue weighted by molar-refractivity contribution is 7.08. The predicted molar refractivity (Wildman–Crippen MR) is 106 cm³/mol. The number of carbonyl (C=O) groups is 1. The number of rotatable bonds is 8. The summed E-state index contributed by atoms with van der Waals surface area (Å²) in [6.45, 7) is 2.95. The van der Waals surface area contributed by atoms with Crippen LogP contribution in [0.5, 0.6) is 0 Å². The molecule has 2 heterocycles. The number of amides is 1. The highest BCUT2D eigenvalue weighted by Crippen LogP contribution is 2.35. The number of nitrogens with one attached hydrogen (secondary N) is 1. The molecule has 0 aliphatic rings. The number of para-hydroxylation sites is 1. The molecule has 0 saturated carbocycles. The van der Waals surface area contributed by atoms with Crippen molar-refractivity contribution in [1.29, 1.82) is 0 Å². The molecule has 1 atom stereocenters. The molecule has 1 amide bonds. The minimum Gasteiger partial charge on any atom is -0.356 e. The Labute approximate surface area is 153 Å². The topological polar surface area (TPSA) is 34.0 Å². The zero-order valence-electron chi connectivity index (χ0n) is 15.0. The van der Waals surface area contributed by atoms with Crippen LogP contribution in [0.4, 0.5) is 0 Å². The first kappa shape index (κ1) is 17.7. The summed E-state index contributed by atoms with van der Waals surface area (Å²) in [5.74, 6) is 0.240. The number of nitrogens with zero attached hydrogens (tertiary/aromatic N) is 1. The molecular formula is C21H26N2OS. The molecular weight excluding hydrogens is 328 g/mol. The molecule has 4 heteroatoms. The van der Waals surface area contributed by atoms with Crippen LogP contribution in [-0.2, 0) is 11.8 Å². The highest BCUT2D eigenvalue weighted by atomic mass is 32.1. The molecule has 0 fully saturated rings. The number of hydrogen-bond donors (Lipinski definition) is 1. The summed E-state index contributed by atoms with van der Waals surface area (Å²) in [7, 11) is 2.07. The molecule has 0 spiro atoms. The van der Waals surface area contributed by atoms with Gasteiger partial charge in [0.2, 0.25) is 5.91 Å². The second kappa shape index (κ2) is 8.34. The van der Waals surface area contributed by atoms with Gasteiger partial charge in [-0.1, -0.05) is 38.0 Å². The van der Waals surface area contributed by atoms with Crippen LogP contribution in [0, 0.1) is 0 Å². The Morgan fingerprint density at radius 3 is 2.84 bits per heavy atom. The van der Waals surface area contributed by atoms with Crippen molar-refractivity contribution in [2.45, 2.75) is 38.5 Å². The van der Waals surface area contributed by atoms with Crippen LogP contribution in [0.2, 0.25) is 0 Å². The van der Waals surface area contributed by atoms with E-state index in [9.17, 15) is 4.79 Å². The molecule has 0 bridgehead atoms. The molecule has 0 aliphatic heterocycles. The fourth-order valence-electron chi connectivity index (χ4n) is 3.39. The Kier molecular flexibility index (Phi) is 5.92. The summed E-state index contributed by atoms with van der Waals surface area (Å²) >= 11 is 1.69. The molecule has 3 nitrogen and oxygen atoms in total. The van der Waals surface area contributed by atoms with Crippen molar-refractivity contribution in [1.82, 2.24) is 9.88 Å². The second-order valence-corrected chi connectivity index (χ2v) is 7.36. The van der Waals surface area contributed by atoms with E-state index in [-0.39, 0.29) is 11.8 Å². The summed E-state index contributed by atoms with van der Waals surface area (Å²) in [5, 5.41) is 8.58. The van der Waals surface area contributed by atoms with Gasteiger partial charge in [-0.2, -0.15) is 11.3 Å². The SMILES string of the molecule is CCCCCNC(=O)CC(c1ccsc1)c1cn(C)c2ccccc12. The number of thiophene rings is 1. The highest BCUT2D eigenvalue weighted by Gasteiger charge is 2.22. The van der Waals surface area contributed by atoms with Crippen LogP contribution in [0.15, 0.2) is 47.3 Å².